The van der Waals surface area contributed by atoms with E-state index in [2.05, 4.69) is 0 Å². The fourth-order valence-corrected chi connectivity index (χ4v) is 2.24. The van der Waals surface area contributed by atoms with Gasteiger partial charge in [-0.3, -0.25) is 0 Å². The molecule has 0 aromatic carbocycles. The van der Waals surface area contributed by atoms with Crippen LogP contribution in [-0.2, 0) is 14.3 Å². The number of urea groups is 1. The summed E-state index contributed by atoms with van der Waals surface area (Å²) in [5, 5.41) is 0.863. The third-order valence-electron chi connectivity index (χ3n) is 3.32. The van der Waals surface area contributed by atoms with Crippen LogP contribution < -0.4 is 5.73 Å². The Labute approximate surface area is 131 Å². The molecule has 0 unspecified atom stereocenters. The standard InChI is InChI=1S/C14H27N3O5/c1-3-20-12(21-4-2)8-11-17(13(15)18)22-14(19)16-9-6-5-7-10-16/h12H,3-11H2,1-2H3,(H2,15,18). The third-order valence-corrected chi connectivity index (χ3v) is 3.32. The molecular weight excluding hydrogens is 290 g/mol. The van der Waals surface area contributed by atoms with Gasteiger partial charge >= 0.3 is 12.1 Å². The molecule has 0 radical (unpaired) electrons. The summed E-state index contributed by atoms with van der Waals surface area (Å²) in [6.07, 6.45) is 2.38. The number of amides is 3. The van der Waals surface area contributed by atoms with Gasteiger partial charge in [0.15, 0.2) is 6.29 Å². The molecule has 3 amide bonds. The number of nitrogens with two attached hydrogens (primary N) is 1. The molecule has 1 heterocycles. The summed E-state index contributed by atoms with van der Waals surface area (Å²) in [6, 6.07) is -0.808. The van der Waals surface area contributed by atoms with Crippen LogP contribution in [0.25, 0.3) is 0 Å². The zero-order valence-electron chi connectivity index (χ0n) is 13.5. The zero-order valence-corrected chi connectivity index (χ0v) is 13.5. The molecule has 8 heteroatoms. The van der Waals surface area contributed by atoms with Crippen LogP contribution >= 0.6 is 0 Å². The van der Waals surface area contributed by atoms with Crippen molar-refractivity contribution in [2.45, 2.75) is 45.8 Å². The topological polar surface area (TPSA) is 94.3 Å². The van der Waals surface area contributed by atoms with Crippen molar-refractivity contribution >= 4 is 12.1 Å². The summed E-state index contributed by atoms with van der Waals surface area (Å²) in [4.78, 5) is 30.1. The van der Waals surface area contributed by atoms with E-state index in [-0.39, 0.29) is 6.54 Å². The molecule has 1 aliphatic heterocycles. The van der Waals surface area contributed by atoms with E-state index in [0.717, 1.165) is 24.3 Å². The molecular formula is C14H27N3O5. The molecule has 1 saturated heterocycles. The van der Waals surface area contributed by atoms with Crippen LogP contribution in [0, 0.1) is 0 Å². The van der Waals surface area contributed by atoms with Gasteiger partial charge in [0.2, 0.25) is 0 Å². The number of hydrogen-bond acceptors (Lipinski definition) is 5. The Balaban J connectivity index is 2.46. The van der Waals surface area contributed by atoms with Gasteiger partial charge in [0.05, 0.1) is 6.54 Å². The van der Waals surface area contributed by atoms with Gasteiger partial charge in [-0.25, -0.2) is 9.59 Å². The summed E-state index contributed by atoms with van der Waals surface area (Å²) >= 11 is 0. The molecule has 22 heavy (non-hydrogen) atoms. The number of rotatable bonds is 7. The first kappa shape index (κ1) is 18.5. The van der Waals surface area contributed by atoms with E-state index < -0.39 is 18.4 Å². The summed E-state index contributed by atoms with van der Waals surface area (Å²) in [5.74, 6) is 0. The zero-order chi connectivity index (χ0) is 16.4. The Hall–Kier alpha value is -1.54. The Kier molecular flexibility index (Phi) is 8.61. The molecule has 0 aromatic rings. The molecule has 2 N–H and O–H groups in total. The van der Waals surface area contributed by atoms with Crippen molar-refractivity contribution in [3.8, 4) is 0 Å². The Morgan fingerprint density at radius 3 is 2.23 bits per heavy atom. The fraction of sp³-hybridized carbons (Fsp3) is 0.857. The number of primary amides is 1. The van der Waals surface area contributed by atoms with Crippen LogP contribution in [-0.4, -0.2) is 61.2 Å². The molecule has 0 aromatic heterocycles. The summed E-state index contributed by atoms with van der Waals surface area (Å²) in [7, 11) is 0. The maximum Gasteiger partial charge on any atom is 0.434 e. The van der Waals surface area contributed by atoms with Crippen LogP contribution in [0.5, 0.6) is 0 Å². The quantitative estimate of drug-likeness (QED) is 0.569. The van der Waals surface area contributed by atoms with Crippen molar-refractivity contribution in [2.24, 2.45) is 5.73 Å². The van der Waals surface area contributed by atoms with E-state index in [0.29, 0.717) is 32.7 Å². The molecule has 1 rings (SSSR count). The summed E-state index contributed by atoms with van der Waals surface area (Å²) < 4.78 is 10.8. The Bertz CT molecular complexity index is 341. The largest absolute Gasteiger partial charge is 0.434 e. The van der Waals surface area contributed by atoms with Gasteiger partial charge < -0.3 is 24.9 Å². The summed E-state index contributed by atoms with van der Waals surface area (Å²) in [6.45, 7) is 6.11. The first-order chi connectivity index (χ1) is 10.6. The molecule has 0 atom stereocenters. The average Bonchev–Trinajstić information content (AvgIpc) is 2.52. The van der Waals surface area contributed by atoms with Crippen LogP contribution in [0.15, 0.2) is 0 Å². The lowest BCUT2D eigenvalue weighted by Crippen LogP contribution is -2.45. The van der Waals surface area contributed by atoms with E-state index in [4.69, 9.17) is 20.0 Å². The highest BCUT2D eigenvalue weighted by atomic mass is 16.7. The fourth-order valence-electron chi connectivity index (χ4n) is 2.24. The van der Waals surface area contributed by atoms with Gasteiger partial charge in [-0.1, -0.05) is 0 Å². The highest BCUT2D eigenvalue weighted by Gasteiger charge is 2.23. The monoisotopic (exact) mass is 317 g/mol. The lowest BCUT2D eigenvalue weighted by molar-refractivity contribution is -0.153. The molecule has 0 saturated carbocycles. The molecule has 0 aliphatic carbocycles. The van der Waals surface area contributed by atoms with Gasteiger partial charge in [0.1, 0.15) is 0 Å². The number of nitrogens with zero attached hydrogens (tertiary/aromatic N) is 2. The number of hydrogen-bond donors (Lipinski definition) is 1. The molecule has 1 fully saturated rings. The number of ether oxygens (including phenoxy) is 2. The maximum atomic E-state index is 12.0. The number of likely N-dealkylation sites (tertiary alicyclic amines) is 1. The van der Waals surface area contributed by atoms with Crippen molar-refractivity contribution < 1.29 is 23.9 Å². The second-order valence-electron chi connectivity index (χ2n) is 4.97. The van der Waals surface area contributed by atoms with Crippen molar-refractivity contribution in [3.63, 3.8) is 0 Å². The average molecular weight is 317 g/mol. The second kappa shape index (κ2) is 10.2. The van der Waals surface area contributed by atoms with Gasteiger partial charge in [0, 0.05) is 32.7 Å². The lowest BCUT2D eigenvalue weighted by Gasteiger charge is -2.28. The third kappa shape index (κ3) is 6.48. The first-order valence-corrected chi connectivity index (χ1v) is 7.85. The van der Waals surface area contributed by atoms with Crippen LogP contribution in [0.4, 0.5) is 9.59 Å². The molecule has 8 nitrogen and oxygen atoms in total. The minimum atomic E-state index is -0.808. The SMILES string of the molecule is CCOC(CCN(OC(=O)N1CCCCC1)C(N)=O)OCC. The van der Waals surface area contributed by atoms with Gasteiger partial charge in [-0.15, -0.1) is 0 Å². The predicted molar refractivity (Wildman–Crippen MR) is 79.9 cm³/mol. The lowest BCUT2D eigenvalue weighted by atomic mass is 10.1. The van der Waals surface area contributed by atoms with Crippen molar-refractivity contribution in [1.82, 2.24) is 9.96 Å². The number of carbonyl (C=O) groups is 2. The van der Waals surface area contributed by atoms with E-state index in [1.165, 1.54) is 0 Å². The number of carbonyl (C=O) groups excluding carboxylic acids is 2. The van der Waals surface area contributed by atoms with Gasteiger partial charge in [-0.05, 0) is 33.1 Å². The number of piperidine rings is 1. The molecule has 0 spiro atoms. The smallest absolute Gasteiger partial charge is 0.353 e. The Morgan fingerprint density at radius 2 is 1.73 bits per heavy atom. The van der Waals surface area contributed by atoms with E-state index in [1.54, 1.807) is 4.90 Å². The predicted octanol–water partition coefficient (Wildman–Crippen LogP) is 1.69. The minimum Gasteiger partial charge on any atom is -0.353 e. The highest BCUT2D eigenvalue weighted by Crippen LogP contribution is 2.11. The molecule has 0 bridgehead atoms. The van der Waals surface area contributed by atoms with Crippen LogP contribution in [0.3, 0.4) is 0 Å². The van der Waals surface area contributed by atoms with Gasteiger partial charge in [-0.2, -0.15) is 5.06 Å². The highest BCUT2D eigenvalue weighted by molar-refractivity contribution is 5.74. The molecule has 1 aliphatic rings. The normalized spacial score (nSPS) is 15.0. The first-order valence-electron chi connectivity index (χ1n) is 7.85. The number of hydroxylamine groups is 2. The van der Waals surface area contributed by atoms with Crippen molar-refractivity contribution in [2.75, 3.05) is 32.8 Å². The van der Waals surface area contributed by atoms with E-state index >= 15 is 0 Å². The van der Waals surface area contributed by atoms with E-state index in [1.807, 2.05) is 13.8 Å². The summed E-state index contributed by atoms with van der Waals surface area (Å²) in [5.41, 5.74) is 5.26. The van der Waals surface area contributed by atoms with E-state index in [9.17, 15) is 9.59 Å². The maximum absolute atomic E-state index is 12.0. The van der Waals surface area contributed by atoms with Crippen LogP contribution in [0.2, 0.25) is 0 Å². The van der Waals surface area contributed by atoms with Crippen molar-refractivity contribution in [1.29, 1.82) is 0 Å². The second-order valence-corrected chi connectivity index (χ2v) is 4.97. The van der Waals surface area contributed by atoms with Crippen LogP contribution in [0.1, 0.15) is 39.5 Å². The molecule has 128 valence electrons. The van der Waals surface area contributed by atoms with Gasteiger partial charge in [0.25, 0.3) is 0 Å². The Morgan fingerprint density at radius 1 is 1.14 bits per heavy atom. The minimum absolute atomic E-state index is 0.125. The van der Waals surface area contributed by atoms with Crippen molar-refractivity contribution in [3.05, 3.63) is 0 Å².